The highest BCUT2D eigenvalue weighted by atomic mass is 31.2. The zero-order chi connectivity index (χ0) is 14.7. The molecule has 0 aliphatic heterocycles. The smallest absolute Gasteiger partial charge is 0.344 e. The molecule has 0 heterocycles. The van der Waals surface area contributed by atoms with Crippen molar-refractivity contribution in [2.75, 3.05) is 19.8 Å². The van der Waals surface area contributed by atoms with Crippen LogP contribution in [0.25, 0.3) is 0 Å². The lowest BCUT2D eigenvalue weighted by Gasteiger charge is -2.24. The molecule has 0 aliphatic carbocycles. The number of rotatable bonds is 11. The average Bonchev–Trinajstić information content (AvgIpc) is 2.35. The van der Waals surface area contributed by atoms with Gasteiger partial charge in [0.05, 0.1) is 19.8 Å². The molecular weight excluding hydrogens is 267 g/mol. The lowest BCUT2D eigenvalue weighted by molar-refractivity contribution is -0.143. The zero-order valence-electron chi connectivity index (χ0n) is 12.5. The van der Waals surface area contributed by atoms with Crippen molar-refractivity contribution < 1.29 is 23.1 Å². The molecule has 0 aliphatic rings. The van der Waals surface area contributed by atoms with E-state index in [0.717, 1.165) is 19.3 Å². The maximum atomic E-state index is 12.7. The number of unbranched alkanes of at least 4 members (excludes halogenated alkanes) is 2. The number of carbonyl (C=O) groups excluding carboxylic acids is 1. The fourth-order valence-corrected chi connectivity index (χ4v) is 3.79. The van der Waals surface area contributed by atoms with E-state index in [1.54, 1.807) is 20.8 Å². The van der Waals surface area contributed by atoms with Gasteiger partial charge in [0, 0.05) is 0 Å². The summed E-state index contributed by atoms with van der Waals surface area (Å²) in [5.74, 6) is -0.483. The van der Waals surface area contributed by atoms with E-state index in [1.807, 2.05) is 0 Å². The maximum absolute atomic E-state index is 12.7. The van der Waals surface area contributed by atoms with Gasteiger partial charge in [-0.05, 0) is 27.2 Å². The van der Waals surface area contributed by atoms with Gasteiger partial charge in [-0.1, -0.05) is 26.2 Å². The normalized spacial score (nSPS) is 13.3. The summed E-state index contributed by atoms with van der Waals surface area (Å²) in [4.78, 5) is 12.0. The van der Waals surface area contributed by atoms with E-state index in [1.165, 1.54) is 0 Å². The van der Waals surface area contributed by atoms with Crippen molar-refractivity contribution in [1.82, 2.24) is 0 Å². The molecule has 0 N–H and O–H groups in total. The Balaban J connectivity index is 4.92. The molecule has 0 bridgehead atoms. The highest BCUT2D eigenvalue weighted by Crippen LogP contribution is 2.55. The minimum Gasteiger partial charge on any atom is -0.465 e. The maximum Gasteiger partial charge on any atom is 0.344 e. The van der Waals surface area contributed by atoms with Crippen molar-refractivity contribution in [1.29, 1.82) is 0 Å². The second-order valence-corrected chi connectivity index (χ2v) is 6.36. The third kappa shape index (κ3) is 6.55. The summed E-state index contributed by atoms with van der Waals surface area (Å²) in [5, 5.41) is 0. The fraction of sp³-hybridized carbons (Fsp3) is 0.923. The van der Waals surface area contributed by atoms with Crippen molar-refractivity contribution in [3.8, 4) is 0 Å². The third-order valence-electron chi connectivity index (χ3n) is 2.64. The molecule has 19 heavy (non-hydrogen) atoms. The molecule has 6 heteroatoms. The van der Waals surface area contributed by atoms with E-state index < -0.39 is 19.2 Å². The van der Waals surface area contributed by atoms with Gasteiger partial charge in [0.1, 0.15) is 0 Å². The van der Waals surface area contributed by atoms with Crippen LogP contribution in [0.5, 0.6) is 0 Å². The molecule has 0 saturated heterocycles. The fourth-order valence-electron chi connectivity index (χ4n) is 1.81. The van der Waals surface area contributed by atoms with Gasteiger partial charge in [-0.25, -0.2) is 0 Å². The van der Waals surface area contributed by atoms with Crippen LogP contribution in [0.1, 0.15) is 53.4 Å². The number of hydrogen-bond donors (Lipinski definition) is 0. The molecule has 0 aromatic heterocycles. The van der Waals surface area contributed by atoms with Gasteiger partial charge in [-0.15, -0.1) is 0 Å². The van der Waals surface area contributed by atoms with E-state index in [0.29, 0.717) is 6.42 Å². The second kappa shape index (κ2) is 10.4. The molecule has 0 rings (SSSR count). The van der Waals surface area contributed by atoms with E-state index >= 15 is 0 Å². The highest BCUT2D eigenvalue weighted by Gasteiger charge is 2.41. The summed E-state index contributed by atoms with van der Waals surface area (Å²) < 4.78 is 28.2. The number of carbonyl (C=O) groups is 1. The lowest BCUT2D eigenvalue weighted by Crippen LogP contribution is -2.26. The molecule has 1 unspecified atom stereocenters. The Kier molecular flexibility index (Phi) is 10.2. The molecule has 0 fully saturated rings. The Hall–Kier alpha value is -0.380. The van der Waals surface area contributed by atoms with Gasteiger partial charge in [0.15, 0.2) is 5.66 Å². The van der Waals surface area contributed by atoms with Crippen LogP contribution in [0, 0.1) is 0 Å². The van der Waals surface area contributed by atoms with Crippen molar-refractivity contribution >= 4 is 13.6 Å². The third-order valence-corrected chi connectivity index (χ3v) is 5.11. The molecule has 1 atom stereocenters. The van der Waals surface area contributed by atoms with Crippen molar-refractivity contribution in [2.45, 2.75) is 59.0 Å². The predicted octanol–water partition coefficient (Wildman–Crippen LogP) is 3.76. The summed E-state index contributed by atoms with van der Waals surface area (Å²) in [6.45, 7) is 8.04. The first kappa shape index (κ1) is 18.6. The van der Waals surface area contributed by atoms with Gasteiger partial charge in [0.2, 0.25) is 0 Å². The molecule has 0 amide bonds. The summed E-state index contributed by atoms with van der Waals surface area (Å²) in [5.41, 5.74) is -0.807. The average molecular weight is 294 g/mol. The standard InChI is InChI=1S/C13H27O5P/c1-5-9-10-11-12(13(14)16-6-2)19(15,17-7-3)18-8-4/h12H,5-11H2,1-4H3. The first-order chi connectivity index (χ1) is 9.05. The van der Waals surface area contributed by atoms with Gasteiger partial charge >= 0.3 is 13.6 Å². The van der Waals surface area contributed by atoms with Crippen LogP contribution in [0.15, 0.2) is 0 Å². The molecule has 0 saturated carbocycles. The van der Waals surface area contributed by atoms with Gasteiger partial charge in [0.25, 0.3) is 0 Å². The monoisotopic (exact) mass is 294 g/mol. The number of ether oxygens (including phenoxy) is 1. The molecule has 0 aromatic rings. The van der Waals surface area contributed by atoms with Crippen LogP contribution in [0.4, 0.5) is 0 Å². The summed E-state index contributed by atoms with van der Waals surface area (Å²) in [7, 11) is -3.43. The number of esters is 1. The highest BCUT2D eigenvalue weighted by molar-refractivity contribution is 7.55. The Labute approximate surface area is 116 Å². The molecule has 0 aromatic carbocycles. The van der Waals surface area contributed by atoms with Crippen LogP contribution < -0.4 is 0 Å². The van der Waals surface area contributed by atoms with Crippen LogP contribution >= 0.6 is 7.60 Å². The molecule has 114 valence electrons. The van der Waals surface area contributed by atoms with Crippen LogP contribution in [-0.4, -0.2) is 31.4 Å². The van der Waals surface area contributed by atoms with Crippen LogP contribution in [-0.2, 0) is 23.1 Å². The Morgan fingerprint density at radius 1 is 1.00 bits per heavy atom. The molecule has 5 nitrogen and oxygen atoms in total. The van der Waals surface area contributed by atoms with Gasteiger partial charge < -0.3 is 13.8 Å². The SMILES string of the molecule is CCCCCC(C(=O)OCC)P(=O)(OCC)OCC. The Morgan fingerprint density at radius 3 is 2.00 bits per heavy atom. The van der Waals surface area contributed by atoms with Crippen LogP contribution in [0.2, 0.25) is 0 Å². The Morgan fingerprint density at radius 2 is 1.58 bits per heavy atom. The summed E-state index contributed by atoms with van der Waals surface area (Å²) >= 11 is 0. The van der Waals surface area contributed by atoms with E-state index in [4.69, 9.17) is 13.8 Å². The molecule has 0 radical (unpaired) electrons. The van der Waals surface area contributed by atoms with Crippen molar-refractivity contribution in [2.24, 2.45) is 0 Å². The first-order valence-corrected chi connectivity index (χ1v) is 8.72. The minimum absolute atomic E-state index is 0.251. The Bertz CT molecular complexity index is 283. The van der Waals surface area contributed by atoms with E-state index in [9.17, 15) is 9.36 Å². The topological polar surface area (TPSA) is 61.8 Å². The lowest BCUT2D eigenvalue weighted by atomic mass is 10.1. The minimum atomic E-state index is -3.43. The molecule has 0 spiro atoms. The van der Waals surface area contributed by atoms with Gasteiger partial charge in [-0.2, -0.15) is 0 Å². The van der Waals surface area contributed by atoms with E-state index in [2.05, 4.69) is 6.92 Å². The number of hydrogen-bond acceptors (Lipinski definition) is 5. The summed E-state index contributed by atoms with van der Waals surface area (Å²) in [6.07, 6.45) is 3.30. The molecular formula is C13H27O5P. The van der Waals surface area contributed by atoms with Crippen molar-refractivity contribution in [3.63, 3.8) is 0 Å². The predicted molar refractivity (Wildman–Crippen MR) is 75.4 cm³/mol. The van der Waals surface area contributed by atoms with Gasteiger partial charge in [-0.3, -0.25) is 9.36 Å². The van der Waals surface area contributed by atoms with Crippen LogP contribution in [0.3, 0.4) is 0 Å². The first-order valence-electron chi connectivity index (χ1n) is 7.11. The summed E-state index contributed by atoms with van der Waals surface area (Å²) in [6, 6.07) is 0. The quantitative estimate of drug-likeness (QED) is 0.330. The van der Waals surface area contributed by atoms with E-state index in [-0.39, 0.29) is 19.8 Å². The largest absolute Gasteiger partial charge is 0.465 e. The second-order valence-electron chi connectivity index (χ2n) is 4.14. The zero-order valence-corrected chi connectivity index (χ0v) is 13.4. The van der Waals surface area contributed by atoms with Crippen molar-refractivity contribution in [3.05, 3.63) is 0 Å².